The average molecular weight is 179 g/mol. The molecule has 1 unspecified atom stereocenters. The molecular formula is C12H21N. The van der Waals surface area contributed by atoms with E-state index in [0.29, 0.717) is 5.92 Å². The zero-order valence-electron chi connectivity index (χ0n) is 9.44. The Bertz CT molecular complexity index is 246. The van der Waals surface area contributed by atoms with Crippen molar-refractivity contribution < 1.29 is 0 Å². The van der Waals surface area contributed by atoms with Crippen LogP contribution in [0, 0.1) is 5.92 Å². The maximum Gasteiger partial charge on any atom is 0.0332 e. The first-order valence-electron chi connectivity index (χ1n) is 5.11. The Labute approximate surface area is 81.9 Å². The van der Waals surface area contributed by atoms with E-state index in [-0.39, 0.29) is 5.54 Å². The Hall–Kier alpha value is -0.720. The first-order chi connectivity index (χ1) is 6.00. The summed E-state index contributed by atoms with van der Waals surface area (Å²) in [6, 6.07) is 0. The van der Waals surface area contributed by atoms with Crippen LogP contribution in [0.3, 0.4) is 0 Å². The molecule has 13 heavy (non-hydrogen) atoms. The number of rotatable bonds is 0. The minimum absolute atomic E-state index is 0.244. The smallest absolute Gasteiger partial charge is 0.0332 e. The number of hydrogen-bond acceptors (Lipinski definition) is 1. The molecule has 1 heterocycles. The fraction of sp³-hybridized carbons (Fsp3) is 0.667. The summed E-state index contributed by atoms with van der Waals surface area (Å²) in [5.41, 5.74) is 3.02. The van der Waals surface area contributed by atoms with E-state index in [2.05, 4.69) is 52.1 Å². The SMILES string of the molecule is CC=C1/C(=C\C)NC(C)(C)CC1C. The van der Waals surface area contributed by atoms with Crippen LogP contribution in [0.4, 0.5) is 0 Å². The zero-order chi connectivity index (χ0) is 10.1. The summed E-state index contributed by atoms with van der Waals surface area (Å²) < 4.78 is 0. The van der Waals surface area contributed by atoms with Gasteiger partial charge in [0.2, 0.25) is 0 Å². The summed E-state index contributed by atoms with van der Waals surface area (Å²) in [4.78, 5) is 0. The van der Waals surface area contributed by atoms with Gasteiger partial charge in [-0.3, -0.25) is 0 Å². The van der Waals surface area contributed by atoms with E-state index in [1.807, 2.05) is 0 Å². The van der Waals surface area contributed by atoms with Gasteiger partial charge in [-0.25, -0.2) is 0 Å². The molecule has 0 bridgehead atoms. The van der Waals surface area contributed by atoms with E-state index in [1.54, 1.807) is 0 Å². The minimum Gasteiger partial charge on any atom is -0.380 e. The van der Waals surface area contributed by atoms with Gasteiger partial charge in [0.25, 0.3) is 0 Å². The first-order valence-corrected chi connectivity index (χ1v) is 5.11. The van der Waals surface area contributed by atoms with Gasteiger partial charge in [0.1, 0.15) is 0 Å². The molecule has 0 aromatic rings. The third-order valence-electron chi connectivity index (χ3n) is 2.73. The Balaban J connectivity index is 2.95. The Morgan fingerprint density at radius 2 is 1.92 bits per heavy atom. The number of allylic oxidation sites excluding steroid dienone is 3. The maximum absolute atomic E-state index is 3.57. The van der Waals surface area contributed by atoms with Crippen molar-refractivity contribution in [2.45, 2.75) is 46.6 Å². The fourth-order valence-corrected chi connectivity index (χ4v) is 2.31. The van der Waals surface area contributed by atoms with Gasteiger partial charge in [0, 0.05) is 11.2 Å². The lowest BCUT2D eigenvalue weighted by atomic mass is 9.80. The molecule has 0 spiro atoms. The molecule has 1 aliphatic heterocycles. The highest BCUT2D eigenvalue weighted by Crippen LogP contribution is 2.32. The second kappa shape index (κ2) is 3.57. The normalized spacial score (nSPS) is 33.5. The van der Waals surface area contributed by atoms with Crippen LogP contribution in [0.1, 0.15) is 41.0 Å². The van der Waals surface area contributed by atoms with E-state index in [1.165, 1.54) is 17.7 Å². The van der Waals surface area contributed by atoms with E-state index < -0.39 is 0 Å². The predicted molar refractivity (Wildman–Crippen MR) is 58.5 cm³/mol. The van der Waals surface area contributed by atoms with Gasteiger partial charge < -0.3 is 5.32 Å². The van der Waals surface area contributed by atoms with Gasteiger partial charge in [-0.2, -0.15) is 0 Å². The predicted octanol–water partition coefficient (Wildman–Crippen LogP) is 3.24. The standard InChI is InChI=1S/C12H21N/c1-6-10-9(3)8-12(4,5)13-11(10)7-2/h6-7,9,13H,8H2,1-5H3/b10-6?,11-7+. The molecule has 0 amide bonds. The Kier molecular flexibility index (Phi) is 2.84. The molecular weight excluding hydrogens is 158 g/mol. The van der Waals surface area contributed by atoms with Gasteiger partial charge in [-0.05, 0) is 45.6 Å². The van der Waals surface area contributed by atoms with E-state index in [4.69, 9.17) is 0 Å². The summed E-state index contributed by atoms with van der Waals surface area (Å²) in [5.74, 6) is 0.674. The molecule has 1 rings (SSSR count). The van der Waals surface area contributed by atoms with Crippen LogP contribution in [0.15, 0.2) is 23.4 Å². The highest BCUT2D eigenvalue weighted by Gasteiger charge is 2.30. The van der Waals surface area contributed by atoms with Crippen molar-refractivity contribution in [3.63, 3.8) is 0 Å². The number of piperidine rings is 1. The van der Waals surface area contributed by atoms with Crippen LogP contribution in [0.5, 0.6) is 0 Å². The van der Waals surface area contributed by atoms with Crippen LogP contribution in [-0.4, -0.2) is 5.54 Å². The third kappa shape index (κ3) is 2.15. The van der Waals surface area contributed by atoms with E-state index >= 15 is 0 Å². The molecule has 1 heteroatoms. The monoisotopic (exact) mass is 179 g/mol. The summed E-state index contributed by atoms with van der Waals surface area (Å²) >= 11 is 0. The van der Waals surface area contributed by atoms with Crippen LogP contribution >= 0.6 is 0 Å². The molecule has 1 saturated heterocycles. The van der Waals surface area contributed by atoms with Gasteiger partial charge in [0.15, 0.2) is 0 Å². The summed E-state index contributed by atoms with van der Waals surface area (Å²) in [7, 11) is 0. The second-order valence-electron chi connectivity index (χ2n) is 4.56. The number of nitrogens with one attached hydrogen (secondary N) is 1. The average Bonchev–Trinajstić information content (AvgIpc) is 2.01. The molecule has 0 radical (unpaired) electrons. The molecule has 1 N–H and O–H groups in total. The third-order valence-corrected chi connectivity index (χ3v) is 2.73. The first kappa shape index (κ1) is 10.4. The van der Waals surface area contributed by atoms with E-state index in [0.717, 1.165) is 0 Å². The van der Waals surface area contributed by atoms with Crippen molar-refractivity contribution in [2.75, 3.05) is 0 Å². The van der Waals surface area contributed by atoms with Crippen molar-refractivity contribution in [1.29, 1.82) is 0 Å². The van der Waals surface area contributed by atoms with Gasteiger partial charge in [-0.1, -0.05) is 19.1 Å². The molecule has 0 aromatic heterocycles. The highest BCUT2D eigenvalue weighted by molar-refractivity contribution is 5.34. The van der Waals surface area contributed by atoms with Gasteiger partial charge in [-0.15, -0.1) is 0 Å². The second-order valence-corrected chi connectivity index (χ2v) is 4.56. The quantitative estimate of drug-likeness (QED) is 0.602. The van der Waals surface area contributed by atoms with Crippen molar-refractivity contribution in [2.24, 2.45) is 5.92 Å². The lowest BCUT2D eigenvalue weighted by molar-refractivity contribution is 0.321. The fourth-order valence-electron chi connectivity index (χ4n) is 2.31. The van der Waals surface area contributed by atoms with E-state index in [9.17, 15) is 0 Å². The lowest BCUT2D eigenvalue weighted by Gasteiger charge is -2.39. The van der Waals surface area contributed by atoms with Crippen LogP contribution in [0.25, 0.3) is 0 Å². The molecule has 0 aliphatic carbocycles. The van der Waals surface area contributed by atoms with Crippen molar-refractivity contribution in [1.82, 2.24) is 5.32 Å². The largest absolute Gasteiger partial charge is 0.380 e. The topological polar surface area (TPSA) is 12.0 Å². The molecule has 1 nitrogen and oxygen atoms in total. The van der Waals surface area contributed by atoms with Crippen molar-refractivity contribution >= 4 is 0 Å². The molecule has 74 valence electrons. The number of hydrogen-bond donors (Lipinski definition) is 1. The van der Waals surface area contributed by atoms with Crippen LogP contribution < -0.4 is 5.32 Å². The zero-order valence-corrected chi connectivity index (χ0v) is 9.44. The van der Waals surface area contributed by atoms with Crippen LogP contribution in [0.2, 0.25) is 0 Å². The van der Waals surface area contributed by atoms with Crippen molar-refractivity contribution in [3.8, 4) is 0 Å². The summed E-state index contributed by atoms with van der Waals surface area (Å²) in [6.45, 7) is 11.1. The van der Waals surface area contributed by atoms with Gasteiger partial charge in [0.05, 0.1) is 0 Å². The Morgan fingerprint density at radius 3 is 2.38 bits per heavy atom. The van der Waals surface area contributed by atoms with Crippen LogP contribution in [-0.2, 0) is 0 Å². The van der Waals surface area contributed by atoms with Crippen molar-refractivity contribution in [3.05, 3.63) is 23.4 Å². The maximum atomic E-state index is 3.57. The molecule has 1 aliphatic rings. The summed E-state index contributed by atoms with van der Waals surface area (Å²) in [5, 5.41) is 3.57. The van der Waals surface area contributed by atoms with Gasteiger partial charge >= 0.3 is 0 Å². The lowest BCUT2D eigenvalue weighted by Crippen LogP contribution is -2.45. The Morgan fingerprint density at radius 1 is 1.31 bits per heavy atom. The molecule has 0 saturated carbocycles. The molecule has 1 atom stereocenters. The summed E-state index contributed by atoms with van der Waals surface area (Å²) in [6.07, 6.45) is 5.61. The molecule has 1 fully saturated rings. The molecule has 0 aromatic carbocycles. The highest BCUT2D eigenvalue weighted by atomic mass is 15.0. The minimum atomic E-state index is 0.244.